The lowest BCUT2D eigenvalue weighted by Gasteiger charge is -2.22. The third-order valence-electron chi connectivity index (χ3n) is 2.60. The van der Waals surface area contributed by atoms with Crippen LogP contribution in [0.1, 0.15) is 31.9 Å². The molecule has 0 radical (unpaired) electrons. The molecule has 0 spiro atoms. The zero-order valence-corrected chi connectivity index (χ0v) is 10.5. The number of hydrogen-bond acceptors (Lipinski definition) is 3. The lowest BCUT2D eigenvalue weighted by molar-refractivity contribution is -0.153. The van der Waals surface area contributed by atoms with Gasteiger partial charge in [0.15, 0.2) is 0 Å². The Labute approximate surface area is 102 Å². The van der Waals surface area contributed by atoms with Gasteiger partial charge in [0, 0.05) is 0 Å². The summed E-state index contributed by atoms with van der Waals surface area (Å²) in [5.74, 6) is -0.229. The topological polar surface area (TPSA) is 50.1 Å². The smallest absolute Gasteiger partial charge is 0.311 e. The van der Waals surface area contributed by atoms with E-state index in [2.05, 4.69) is 6.07 Å². The van der Waals surface area contributed by atoms with Crippen molar-refractivity contribution in [2.75, 3.05) is 6.61 Å². The Bertz CT molecular complexity index is 444. The normalized spacial score (nSPS) is 10.7. The monoisotopic (exact) mass is 231 g/mol. The van der Waals surface area contributed by atoms with Gasteiger partial charge in [-0.25, -0.2) is 0 Å². The summed E-state index contributed by atoms with van der Waals surface area (Å²) in [5.41, 5.74) is 0.890. The van der Waals surface area contributed by atoms with Crippen molar-refractivity contribution in [2.45, 2.75) is 27.2 Å². The second-order valence-electron chi connectivity index (χ2n) is 4.55. The van der Waals surface area contributed by atoms with Gasteiger partial charge < -0.3 is 4.74 Å². The number of carbonyl (C=O) groups excluding carboxylic acids is 1. The first-order valence-electron chi connectivity index (χ1n) is 5.66. The van der Waals surface area contributed by atoms with Gasteiger partial charge >= 0.3 is 5.97 Å². The fraction of sp³-hybridized carbons (Fsp3) is 0.429. The maximum Gasteiger partial charge on any atom is 0.311 e. The highest BCUT2D eigenvalue weighted by molar-refractivity contribution is 5.76. The number of esters is 1. The quantitative estimate of drug-likeness (QED) is 0.748. The van der Waals surface area contributed by atoms with Gasteiger partial charge in [-0.2, -0.15) is 5.26 Å². The van der Waals surface area contributed by atoms with Gasteiger partial charge in [-0.05, 0) is 38.8 Å². The van der Waals surface area contributed by atoms with Crippen LogP contribution in [0.3, 0.4) is 0 Å². The van der Waals surface area contributed by atoms with E-state index in [4.69, 9.17) is 10.00 Å². The van der Waals surface area contributed by atoms with Crippen molar-refractivity contribution >= 4 is 5.97 Å². The zero-order chi connectivity index (χ0) is 12.9. The first-order chi connectivity index (χ1) is 8.01. The van der Waals surface area contributed by atoms with E-state index >= 15 is 0 Å². The highest BCUT2D eigenvalue weighted by atomic mass is 16.5. The fourth-order valence-electron chi connectivity index (χ4n) is 1.66. The van der Waals surface area contributed by atoms with Crippen LogP contribution in [0, 0.1) is 16.7 Å². The third kappa shape index (κ3) is 3.32. The minimum Gasteiger partial charge on any atom is -0.466 e. The average molecular weight is 231 g/mol. The van der Waals surface area contributed by atoms with Gasteiger partial charge in [-0.1, -0.05) is 18.2 Å². The number of carbonyl (C=O) groups is 1. The highest BCUT2D eigenvalue weighted by Gasteiger charge is 2.30. The Morgan fingerprint density at radius 2 is 2.06 bits per heavy atom. The Kier molecular flexibility index (Phi) is 4.28. The molecule has 3 nitrogen and oxygen atoms in total. The van der Waals surface area contributed by atoms with Crippen LogP contribution in [0.25, 0.3) is 0 Å². The van der Waals surface area contributed by atoms with Gasteiger partial charge in [-0.3, -0.25) is 4.79 Å². The summed E-state index contributed by atoms with van der Waals surface area (Å²) in [7, 11) is 0. The molecule has 0 saturated carbocycles. The van der Waals surface area contributed by atoms with E-state index in [0.717, 1.165) is 5.56 Å². The molecule has 90 valence electrons. The molecular formula is C14H17NO2. The molecule has 0 N–H and O–H groups in total. The summed E-state index contributed by atoms with van der Waals surface area (Å²) in [6.45, 7) is 5.83. The van der Waals surface area contributed by atoms with Crippen molar-refractivity contribution in [1.29, 1.82) is 5.26 Å². The van der Waals surface area contributed by atoms with E-state index in [1.807, 2.05) is 32.0 Å². The van der Waals surface area contributed by atoms with Gasteiger partial charge in [0.05, 0.1) is 23.7 Å². The minimum atomic E-state index is -0.608. The number of hydrogen-bond donors (Lipinski definition) is 0. The van der Waals surface area contributed by atoms with Crippen molar-refractivity contribution in [3.05, 3.63) is 35.4 Å². The lowest BCUT2D eigenvalue weighted by Crippen LogP contribution is -2.29. The molecule has 1 rings (SSSR count). The highest BCUT2D eigenvalue weighted by Crippen LogP contribution is 2.25. The number of ether oxygens (including phenoxy) is 1. The van der Waals surface area contributed by atoms with Crippen LogP contribution in [0.4, 0.5) is 0 Å². The summed E-state index contributed by atoms with van der Waals surface area (Å²) < 4.78 is 5.03. The largest absolute Gasteiger partial charge is 0.466 e. The molecule has 0 saturated heterocycles. The molecule has 0 amide bonds. The van der Waals surface area contributed by atoms with Crippen LogP contribution in [0.15, 0.2) is 24.3 Å². The molecule has 17 heavy (non-hydrogen) atoms. The van der Waals surface area contributed by atoms with Crippen molar-refractivity contribution in [3.8, 4) is 6.07 Å². The average Bonchev–Trinajstić information content (AvgIpc) is 2.29. The van der Waals surface area contributed by atoms with Crippen LogP contribution >= 0.6 is 0 Å². The summed E-state index contributed by atoms with van der Waals surface area (Å²) in [4.78, 5) is 11.8. The minimum absolute atomic E-state index is 0.229. The molecule has 0 bridgehead atoms. The maximum absolute atomic E-state index is 11.8. The van der Waals surface area contributed by atoms with E-state index in [-0.39, 0.29) is 5.97 Å². The third-order valence-corrected chi connectivity index (χ3v) is 2.60. The Hall–Kier alpha value is -1.82. The first-order valence-corrected chi connectivity index (χ1v) is 5.66. The Morgan fingerprint density at radius 1 is 1.41 bits per heavy atom. The number of rotatable bonds is 4. The molecule has 0 atom stereocenters. The van der Waals surface area contributed by atoms with Crippen LogP contribution in [0.2, 0.25) is 0 Å². The van der Waals surface area contributed by atoms with Crippen LogP contribution in [-0.4, -0.2) is 12.6 Å². The van der Waals surface area contributed by atoms with Gasteiger partial charge in [0.2, 0.25) is 0 Å². The molecule has 0 aliphatic rings. The zero-order valence-electron chi connectivity index (χ0n) is 10.5. The van der Waals surface area contributed by atoms with Crippen LogP contribution in [-0.2, 0) is 16.0 Å². The van der Waals surface area contributed by atoms with E-state index < -0.39 is 5.41 Å². The lowest BCUT2D eigenvalue weighted by atomic mass is 9.84. The Balaban J connectivity index is 2.90. The molecule has 0 unspecified atom stereocenters. The molecule has 0 fully saturated rings. The molecular weight excluding hydrogens is 214 g/mol. The van der Waals surface area contributed by atoms with Crippen molar-refractivity contribution in [1.82, 2.24) is 0 Å². The van der Waals surface area contributed by atoms with Gasteiger partial charge in [0.1, 0.15) is 0 Å². The fourth-order valence-corrected chi connectivity index (χ4v) is 1.66. The van der Waals surface area contributed by atoms with Crippen molar-refractivity contribution < 1.29 is 9.53 Å². The van der Waals surface area contributed by atoms with E-state index in [0.29, 0.717) is 18.6 Å². The number of nitrogens with zero attached hydrogens (tertiary/aromatic N) is 1. The molecule has 0 aliphatic heterocycles. The van der Waals surface area contributed by atoms with Crippen molar-refractivity contribution in [3.63, 3.8) is 0 Å². The van der Waals surface area contributed by atoms with Crippen LogP contribution < -0.4 is 0 Å². The second kappa shape index (κ2) is 5.49. The van der Waals surface area contributed by atoms with Crippen molar-refractivity contribution in [2.24, 2.45) is 5.41 Å². The summed E-state index contributed by atoms with van der Waals surface area (Å²) in [6.07, 6.45) is 0.509. The van der Waals surface area contributed by atoms with E-state index in [1.54, 1.807) is 13.0 Å². The molecule has 0 aromatic heterocycles. The van der Waals surface area contributed by atoms with Gasteiger partial charge in [0.25, 0.3) is 0 Å². The SMILES string of the molecule is CCOC(=O)C(C)(C)Cc1ccccc1C#N. The molecule has 1 aromatic carbocycles. The number of nitriles is 1. The molecule has 0 heterocycles. The Morgan fingerprint density at radius 3 is 2.65 bits per heavy atom. The summed E-state index contributed by atoms with van der Waals surface area (Å²) in [6, 6.07) is 9.46. The predicted octanol–water partition coefficient (Wildman–Crippen LogP) is 2.69. The van der Waals surface area contributed by atoms with E-state index in [9.17, 15) is 4.79 Å². The van der Waals surface area contributed by atoms with Gasteiger partial charge in [-0.15, -0.1) is 0 Å². The second-order valence-corrected chi connectivity index (χ2v) is 4.55. The summed E-state index contributed by atoms with van der Waals surface area (Å²) >= 11 is 0. The molecule has 1 aromatic rings. The standard InChI is InChI=1S/C14H17NO2/c1-4-17-13(16)14(2,3)9-11-7-5-6-8-12(11)10-15/h5-8H,4,9H2,1-3H3. The van der Waals surface area contributed by atoms with Crippen LogP contribution in [0.5, 0.6) is 0 Å². The molecule has 3 heteroatoms. The maximum atomic E-state index is 11.8. The molecule has 0 aliphatic carbocycles. The number of benzene rings is 1. The van der Waals surface area contributed by atoms with E-state index in [1.165, 1.54) is 0 Å². The predicted molar refractivity (Wildman–Crippen MR) is 65.3 cm³/mol. The first kappa shape index (κ1) is 13.2. The summed E-state index contributed by atoms with van der Waals surface area (Å²) in [5, 5.41) is 8.99.